The molecule has 0 saturated heterocycles. The molecule has 152 valence electrons. The van der Waals surface area contributed by atoms with E-state index < -0.39 is 0 Å². The lowest BCUT2D eigenvalue weighted by molar-refractivity contribution is -0.128. The van der Waals surface area contributed by atoms with Crippen molar-refractivity contribution in [3.8, 4) is 5.75 Å². The predicted octanol–water partition coefficient (Wildman–Crippen LogP) is 3.24. The molecule has 0 bridgehead atoms. The third-order valence-corrected chi connectivity index (χ3v) is 4.32. The van der Waals surface area contributed by atoms with E-state index in [4.69, 9.17) is 17.0 Å². The minimum atomic E-state index is -0.322. The Hall–Kier alpha value is -3.19. The van der Waals surface area contributed by atoms with Gasteiger partial charge in [-0.15, -0.1) is 0 Å². The van der Waals surface area contributed by atoms with Crippen molar-refractivity contribution in [2.75, 3.05) is 26.5 Å². The molecule has 0 unspecified atom stereocenters. The van der Waals surface area contributed by atoms with Gasteiger partial charge in [-0.2, -0.15) is 0 Å². The van der Waals surface area contributed by atoms with Crippen LogP contribution in [-0.2, 0) is 16.0 Å². The summed E-state index contributed by atoms with van der Waals surface area (Å²) >= 11 is 5.18. The van der Waals surface area contributed by atoms with Gasteiger partial charge in [-0.05, 0) is 60.1 Å². The summed E-state index contributed by atoms with van der Waals surface area (Å²) in [4.78, 5) is 25.2. The Balaban J connectivity index is 1.81. The fourth-order valence-electron chi connectivity index (χ4n) is 2.43. The molecule has 6 nitrogen and oxygen atoms in total. The molecule has 0 radical (unpaired) electrons. The number of carbonyl (C=O) groups is 2. The van der Waals surface area contributed by atoms with Gasteiger partial charge in [-0.25, -0.2) is 0 Å². The molecule has 0 aromatic heterocycles. The van der Waals surface area contributed by atoms with Crippen molar-refractivity contribution in [1.29, 1.82) is 0 Å². The molecule has 2 aromatic rings. The van der Waals surface area contributed by atoms with E-state index in [2.05, 4.69) is 10.6 Å². The van der Waals surface area contributed by atoms with E-state index in [1.165, 1.54) is 6.08 Å². The van der Waals surface area contributed by atoms with Crippen LogP contribution < -0.4 is 15.4 Å². The van der Waals surface area contributed by atoms with Gasteiger partial charge in [0.15, 0.2) is 5.11 Å². The molecule has 0 atom stereocenters. The van der Waals surface area contributed by atoms with Gasteiger partial charge < -0.3 is 15.0 Å². The number of methoxy groups -OCH3 is 1. The van der Waals surface area contributed by atoms with Crippen LogP contribution in [0, 0.1) is 0 Å². The molecule has 0 heterocycles. The van der Waals surface area contributed by atoms with Crippen LogP contribution in [0.2, 0.25) is 0 Å². The molecule has 0 fully saturated rings. The summed E-state index contributed by atoms with van der Waals surface area (Å²) in [5.41, 5.74) is 2.70. The lowest BCUT2D eigenvalue weighted by atomic mass is 10.1. The number of anilines is 1. The summed E-state index contributed by atoms with van der Waals surface area (Å²) in [6.07, 6.45) is 4.26. The van der Waals surface area contributed by atoms with Crippen LogP contribution >= 0.6 is 12.2 Å². The van der Waals surface area contributed by atoms with Gasteiger partial charge in [0, 0.05) is 32.3 Å². The van der Waals surface area contributed by atoms with Gasteiger partial charge in [-0.1, -0.05) is 24.3 Å². The van der Waals surface area contributed by atoms with Crippen LogP contribution in [0.4, 0.5) is 5.69 Å². The van der Waals surface area contributed by atoms with Gasteiger partial charge in [0.25, 0.3) is 0 Å². The van der Waals surface area contributed by atoms with Crippen molar-refractivity contribution >= 4 is 40.9 Å². The monoisotopic (exact) mass is 411 g/mol. The largest absolute Gasteiger partial charge is 0.497 e. The zero-order chi connectivity index (χ0) is 21.2. The lowest BCUT2D eigenvalue weighted by Crippen LogP contribution is -2.32. The molecule has 2 amide bonds. The number of ether oxygens (including phenoxy) is 1. The Morgan fingerprint density at radius 1 is 1.07 bits per heavy atom. The summed E-state index contributed by atoms with van der Waals surface area (Å²) < 4.78 is 5.10. The first-order valence-electron chi connectivity index (χ1n) is 9.10. The molecule has 0 aliphatic heterocycles. The number of carbonyl (C=O) groups excluding carboxylic acids is 2. The van der Waals surface area contributed by atoms with E-state index in [1.807, 2.05) is 48.5 Å². The Labute approximate surface area is 176 Å². The van der Waals surface area contributed by atoms with E-state index >= 15 is 0 Å². The molecule has 0 spiro atoms. The number of benzene rings is 2. The summed E-state index contributed by atoms with van der Waals surface area (Å²) in [7, 11) is 5.10. The van der Waals surface area contributed by atoms with E-state index in [-0.39, 0.29) is 16.9 Å². The van der Waals surface area contributed by atoms with Crippen LogP contribution in [0.5, 0.6) is 5.75 Å². The highest BCUT2D eigenvalue weighted by molar-refractivity contribution is 7.80. The van der Waals surface area contributed by atoms with Gasteiger partial charge >= 0.3 is 0 Å². The van der Waals surface area contributed by atoms with Crippen LogP contribution in [0.3, 0.4) is 0 Å². The molecule has 0 saturated carbocycles. The maximum absolute atomic E-state index is 12.0. The van der Waals surface area contributed by atoms with Crippen LogP contribution in [0.15, 0.2) is 54.6 Å². The lowest BCUT2D eigenvalue weighted by Gasteiger charge is -2.11. The molecule has 0 aliphatic carbocycles. The SMILES string of the molecule is COc1ccc(/C=C/C(=O)NC(=S)Nc2ccc(CCC(=O)N(C)C)cc2)cc1. The first-order chi connectivity index (χ1) is 13.9. The quantitative estimate of drug-likeness (QED) is 0.541. The highest BCUT2D eigenvalue weighted by atomic mass is 32.1. The zero-order valence-electron chi connectivity index (χ0n) is 16.8. The average Bonchev–Trinajstić information content (AvgIpc) is 2.71. The molecule has 7 heteroatoms. The van der Waals surface area contributed by atoms with E-state index in [0.29, 0.717) is 12.8 Å². The van der Waals surface area contributed by atoms with Crippen molar-refractivity contribution in [3.63, 3.8) is 0 Å². The summed E-state index contributed by atoms with van der Waals surface area (Å²) in [6.45, 7) is 0. The van der Waals surface area contributed by atoms with Crippen molar-refractivity contribution in [3.05, 3.63) is 65.7 Å². The zero-order valence-corrected chi connectivity index (χ0v) is 17.6. The minimum Gasteiger partial charge on any atom is -0.497 e. The molecule has 0 aliphatic rings. The summed E-state index contributed by atoms with van der Waals surface area (Å²) in [5, 5.41) is 5.79. The number of aryl methyl sites for hydroxylation is 1. The second kappa shape index (κ2) is 11.0. The van der Waals surface area contributed by atoms with Gasteiger partial charge in [0.2, 0.25) is 11.8 Å². The number of hydrogen-bond donors (Lipinski definition) is 2. The van der Waals surface area contributed by atoms with E-state index in [1.54, 1.807) is 32.2 Å². The predicted molar refractivity (Wildman–Crippen MR) is 120 cm³/mol. The first kappa shape index (κ1) is 22.1. The maximum Gasteiger partial charge on any atom is 0.250 e. The Kier molecular flexibility index (Phi) is 8.36. The smallest absolute Gasteiger partial charge is 0.250 e. The number of nitrogens with one attached hydrogen (secondary N) is 2. The van der Waals surface area contributed by atoms with Crippen molar-refractivity contribution in [2.45, 2.75) is 12.8 Å². The van der Waals surface area contributed by atoms with Gasteiger partial charge in [-0.3, -0.25) is 14.9 Å². The minimum absolute atomic E-state index is 0.0961. The standard InChI is InChI=1S/C22H25N3O3S/c1-25(2)21(27)15-9-16-4-10-18(11-5-16)23-22(29)24-20(26)14-8-17-6-12-19(28-3)13-7-17/h4-8,10-14H,9,15H2,1-3H3,(H2,23,24,26,29)/b14-8+. The van der Waals surface area contributed by atoms with E-state index in [0.717, 1.165) is 22.6 Å². The third-order valence-electron chi connectivity index (χ3n) is 4.12. The number of amides is 2. The molecule has 2 N–H and O–H groups in total. The Morgan fingerprint density at radius 3 is 2.31 bits per heavy atom. The molecular formula is C22H25N3O3S. The number of nitrogens with zero attached hydrogens (tertiary/aromatic N) is 1. The van der Waals surface area contributed by atoms with Crippen molar-refractivity contribution in [2.24, 2.45) is 0 Å². The van der Waals surface area contributed by atoms with Crippen molar-refractivity contribution < 1.29 is 14.3 Å². The highest BCUT2D eigenvalue weighted by Crippen LogP contribution is 2.13. The molecular weight excluding hydrogens is 386 g/mol. The van der Waals surface area contributed by atoms with Crippen molar-refractivity contribution in [1.82, 2.24) is 10.2 Å². The van der Waals surface area contributed by atoms with Crippen LogP contribution in [-0.4, -0.2) is 43.0 Å². The second-order valence-corrected chi connectivity index (χ2v) is 6.94. The first-order valence-corrected chi connectivity index (χ1v) is 9.51. The van der Waals surface area contributed by atoms with Gasteiger partial charge in [0.05, 0.1) is 7.11 Å². The number of thiocarbonyl (C=S) groups is 1. The summed E-state index contributed by atoms with van der Waals surface area (Å²) in [6, 6.07) is 14.9. The van der Waals surface area contributed by atoms with Crippen LogP contribution in [0.1, 0.15) is 17.5 Å². The summed E-state index contributed by atoms with van der Waals surface area (Å²) in [5.74, 6) is 0.531. The maximum atomic E-state index is 12.0. The molecule has 2 aromatic carbocycles. The number of rotatable bonds is 7. The normalized spacial score (nSPS) is 10.4. The van der Waals surface area contributed by atoms with E-state index in [9.17, 15) is 9.59 Å². The average molecular weight is 412 g/mol. The molecule has 29 heavy (non-hydrogen) atoms. The molecule has 2 rings (SSSR count). The van der Waals surface area contributed by atoms with Gasteiger partial charge in [0.1, 0.15) is 5.75 Å². The fourth-order valence-corrected chi connectivity index (χ4v) is 2.65. The Bertz CT molecular complexity index is 875. The second-order valence-electron chi connectivity index (χ2n) is 6.53. The fraction of sp³-hybridized carbons (Fsp3) is 0.227. The number of hydrogen-bond acceptors (Lipinski definition) is 4. The topological polar surface area (TPSA) is 70.7 Å². The highest BCUT2D eigenvalue weighted by Gasteiger charge is 2.05. The third kappa shape index (κ3) is 7.75. The Morgan fingerprint density at radius 2 is 1.72 bits per heavy atom. The van der Waals surface area contributed by atoms with Crippen LogP contribution in [0.25, 0.3) is 6.08 Å².